The van der Waals surface area contributed by atoms with Crippen LogP contribution in [0.25, 0.3) is 21.1 Å². The first-order chi connectivity index (χ1) is 16.6. The number of benzene rings is 3. The Kier molecular flexibility index (Phi) is 6.18. The van der Waals surface area contributed by atoms with Crippen LogP contribution in [0.5, 0.6) is 0 Å². The lowest BCUT2D eigenvalue weighted by Crippen LogP contribution is -2.27. The van der Waals surface area contributed by atoms with Crippen molar-refractivity contribution < 1.29 is 4.79 Å². The van der Waals surface area contributed by atoms with Gasteiger partial charge in [0, 0.05) is 13.0 Å². The van der Waals surface area contributed by atoms with Crippen LogP contribution in [0, 0.1) is 0 Å². The molecular formula is C27H24N4O2S. The van der Waals surface area contributed by atoms with Crippen molar-refractivity contribution >= 4 is 49.2 Å². The Bertz CT molecular complexity index is 1490. The summed E-state index contributed by atoms with van der Waals surface area (Å²) in [6, 6.07) is 23.2. The van der Waals surface area contributed by atoms with Crippen LogP contribution in [-0.2, 0) is 17.8 Å². The van der Waals surface area contributed by atoms with Gasteiger partial charge in [-0.25, -0.2) is 9.97 Å². The molecule has 7 heteroatoms. The molecule has 0 bridgehead atoms. The van der Waals surface area contributed by atoms with Gasteiger partial charge in [0.1, 0.15) is 0 Å². The van der Waals surface area contributed by atoms with Gasteiger partial charge >= 0.3 is 0 Å². The fourth-order valence-electron chi connectivity index (χ4n) is 3.98. The number of aryl methyl sites for hydroxylation is 2. The van der Waals surface area contributed by atoms with Crippen molar-refractivity contribution in [1.82, 2.24) is 14.5 Å². The summed E-state index contributed by atoms with van der Waals surface area (Å²) in [5.41, 5.74) is 3.47. The van der Waals surface area contributed by atoms with Crippen LogP contribution in [0.4, 0.5) is 10.8 Å². The summed E-state index contributed by atoms with van der Waals surface area (Å²) in [5, 5.41) is 1.24. The Balaban J connectivity index is 1.39. The average Bonchev–Trinajstić information content (AvgIpc) is 3.30. The Hall–Kier alpha value is -3.84. The second kappa shape index (κ2) is 9.57. The highest BCUT2D eigenvalue weighted by Crippen LogP contribution is 2.34. The third-order valence-electron chi connectivity index (χ3n) is 5.85. The van der Waals surface area contributed by atoms with Crippen LogP contribution in [-0.4, -0.2) is 20.4 Å². The maximum Gasteiger partial charge on any atom is 0.261 e. The highest BCUT2D eigenvalue weighted by Gasteiger charge is 2.21. The quantitative estimate of drug-likeness (QED) is 0.307. The summed E-state index contributed by atoms with van der Waals surface area (Å²) < 4.78 is 2.61. The minimum atomic E-state index is -0.0868. The van der Waals surface area contributed by atoms with Crippen LogP contribution >= 0.6 is 11.3 Å². The summed E-state index contributed by atoms with van der Waals surface area (Å²) in [7, 11) is 0. The lowest BCUT2D eigenvalue weighted by Gasteiger charge is -2.20. The van der Waals surface area contributed by atoms with E-state index in [-0.39, 0.29) is 17.9 Å². The van der Waals surface area contributed by atoms with Crippen molar-refractivity contribution in [2.75, 3.05) is 4.90 Å². The lowest BCUT2D eigenvalue weighted by molar-refractivity contribution is -0.118. The van der Waals surface area contributed by atoms with E-state index in [4.69, 9.17) is 4.98 Å². The molecule has 0 aliphatic carbocycles. The number of para-hydroxylation sites is 2. The molecule has 0 atom stereocenters. The molecule has 3 aromatic carbocycles. The number of hydrogen-bond acceptors (Lipinski definition) is 5. The van der Waals surface area contributed by atoms with Gasteiger partial charge in [-0.05, 0) is 54.8 Å². The first kappa shape index (κ1) is 22.0. The predicted octanol–water partition coefficient (Wildman–Crippen LogP) is 5.71. The number of rotatable bonds is 7. The number of amides is 1. The predicted molar refractivity (Wildman–Crippen MR) is 138 cm³/mol. The maximum atomic E-state index is 13.5. The van der Waals surface area contributed by atoms with Crippen LogP contribution in [0.15, 0.2) is 83.9 Å². The molecule has 6 nitrogen and oxygen atoms in total. The molecule has 0 radical (unpaired) electrons. The number of anilines is 2. The molecule has 0 spiro atoms. The molecule has 5 rings (SSSR count). The smallest absolute Gasteiger partial charge is 0.261 e. The zero-order chi connectivity index (χ0) is 23.5. The molecule has 0 aliphatic rings. The molecule has 1 amide bonds. The lowest BCUT2D eigenvalue weighted by atomic mass is 10.1. The van der Waals surface area contributed by atoms with Crippen LogP contribution in [0.1, 0.15) is 25.3 Å². The van der Waals surface area contributed by atoms with Crippen molar-refractivity contribution in [2.45, 2.75) is 32.7 Å². The molecule has 0 aliphatic heterocycles. The molecule has 5 aromatic rings. The molecule has 0 fully saturated rings. The Labute approximate surface area is 201 Å². The molecule has 0 saturated carbocycles. The fraction of sp³-hybridized carbons (Fsp3) is 0.185. The van der Waals surface area contributed by atoms with Gasteiger partial charge in [-0.2, -0.15) is 0 Å². The largest absolute Gasteiger partial charge is 0.299 e. The number of thiazole rings is 1. The van der Waals surface area contributed by atoms with Gasteiger partial charge in [-0.1, -0.05) is 54.7 Å². The van der Waals surface area contributed by atoms with Crippen LogP contribution < -0.4 is 10.5 Å². The monoisotopic (exact) mass is 468 g/mol. The van der Waals surface area contributed by atoms with E-state index in [1.54, 1.807) is 21.9 Å². The molecular weight excluding hydrogens is 444 g/mol. The molecule has 2 aromatic heterocycles. The van der Waals surface area contributed by atoms with Crippen molar-refractivity contribution in [3.63, 3.8) is 0 Å². The Morgan fingerprint density at radius 1 is 0.971 bits per heavy atom. The van der Waals surface area contributed by atoms with Gasteiger partial charge in [-0.3, -0.25) is 19.1 Å². The molecule has 0 N–H and O–H groups in total. The van der Waals surface area contributed by atoms with E-state index in [1.807, 2.05) is 66.7 Å². The van der Waals surface area contributed by atoms with Gasteiger partial charge in [0.15, 0.2) is 5.13 Å². The fourth-order valence-corrected chi connectivity index (χ4v) is 4.98. The number of aromatic nitrogens is 3. The minimum Gasteiger partial charge on any atom is -0.299 e. The van der Waals surface area contributed by atoms with Crippen molar-refractivity contribution in [3.8, 4) is 0 Å². The third kappa shape index (κ3) is 4.34. The summed E-state index contributed by atoms with van der Waals surface area (Å²) in [6.07, 6.45) is 3.30. The van der Waals surface area contributed by atoms with Gasteiger partial charge < -0.3 is 0 Å². The van der Waals surface area contributed by atoms with E-state index in [0.717, 1.165) is 22.3 Å². The van der Waals surface area contributed by atoms with E-state index >= 15 is 0 Å². The molecule has 34 heavy (non-hydrogen) atoms. The highest BCUT2D eigenvalue weighted by molar-refractivity contribution is 7.22. The molecule has 170 valence electrons. The van der Waals surface area contributed by atoms with E-state index in [0.29, 0.717) is 29.0 Å². The maximum absolute atomic E-state index is 13.5. The number of nitrogens with zero attached hydrogens (tertiary/aromatic N) is 4. The zero-order valence-electron chi connectivity index (χ0n) is 18.8. The van der Waals surface area contributed by atoms with E-state index in [1.165, 1.54) is 16.9 Å². The van der Waals surface area contributed by atoms with Gasteiger partial charge in [0.25, 0.3) is 5.56 Å². The zero-order valence-corrected chi connectivity index (χ0v) is 19.7. The van der Waals surface area contributed by atoms with Crippen LogP contribution in [0.3, 0.4) is 0 Å². The standard InChI is InChI=1S/C27H24N4O2S/c1-2-19-13-15-20(16-14-19)31(27-29-23-10-5-6-11-24(23)34-27)25(32)12-7-17-30-18-28-22-9-4-3-8-21(22)26(30)33/h3-6,8-11,13-16,18H,2,7,12,17H2,1H3. The van der Waals surface area contributed by atoms with Crippen LogP contribution in [0.2, 0.25) is 0 Å². The van der Waals surface area contributed by atoms with E-state index < -0.39 is 0 Å². The van der Waals surface area contributed by atoms with Gasteiger partial charge in [0.2, 0.25) is 5.91 Å². The normalized spacial score (nSPS) is 11.2. The van der Waals surface area contributed by atoms with E-state index in [2.05, 4.69) is 11.9 Å². The SMILES string of the molecule is CCc1ccc(N(C(=O)CCCn2cnc3ccccc3c2=O)c2nc3ccccc3s2)cc1. The number of carbonyl (C=O) groups is 1. The molecule has 2 heterocycles. The van der Waals surface area contributed by atoms with Crippen molar-refractivity contribution in [2.24, 2.45) is 0 Å². The Morgan fingerprint density at radius 3 is 2.47 bits per heavy atom. The molecule has 0 unspecified atom stereocenters. The Morgan fingerprint density at radius 2 is 1.71 bits per heavy atom. The second-order valence-electron chi connectivity index (χ2n) is 8.08. The minimum absolute atomic E-state index is 0.0508. The van der Waals surface area contributed by atoms with Crippen molar-refractivity contribution in [1.29, 1.82) is 0 Å². The summed E-state index contributed by atoms with van der Waals surface area (Å²) in [4.78, 5) is 37.0. The third-order valence-corrected chi connectivity index (χ3v) is 6.87. The summed E-state index contributed by atoms with van der Waals surface area (Å²) in [5.74, 6) is -0.0508. The first-order valence-electron chi connectivity index (χ1n) is 11.4. The average molecular weight is 469 g/mol. The first-order valence-corrected chi connectivity index (χ1v) is 12.2. The van der Waals surface area contributed by atoms with Gasteiger partial charge in [0.05, 0.1) is 33.1 Å². The van der Waals surface area contributed by atoms with E-state index in [9.17, 15) is 9.59 Å². The number of hydrogen-bond donors (Lipinski definition) is 0. The second-order valence-corrected chi connectivity index (χ2v) is 9.09. The number of carbonyl (C=O) groups excluding carboxylic acids is 1. The summed E-state index contributed by atoms with van der Waals surface area (Å²) in [6.45, 7) is 2.53. The molecule has 0 saturated heterocycles. The highest BCUT2D eigenvalue weighted by atomic mass is 32.1. The van der Waals surface area contributed by atoms with Crippen molar-refractivity contribution in [3.05, 3.63) is 95.0 Å². The summed E-state index contributed by atoms with van der Waals surface area (Å²) >= 11 is 1.50. The topological polar surface area (TPSA) is 68.1 Å². The van der Waals surface area contributed by atoms with Gasteiger partial charge in [-0.15, -0.1) is 0 Å². The number of fused-ring (bicyclic) bond motifs is 2.